The second-order valence-electron chi connectivity index (χ2n) is 5.28. The van der Waals surface area contributed by atoms with E-state index in [1.54, 1.807) is 39.4 Å². The van der Waals surface area contributed by atoms with Gasteiger partial charge >= 0.3 is 0 Å². The van der Waals surface area contributed by atoms with E-state index < -0.39 is 11.7 Å². The Balaban J connectivity index is 2.14. The maximum atomic E-state index is 12.3. The summed E-state index contributed by atoms with van der Waals surface area (Å²) in [6.45, 7) is 0.546. The molecule has 0 atom stereocenters. The standard InChI is InChI=1S/C18H20N2O3/c1-20(2)18(22)17(21)15-6-4-5-7-16(15)19-12-13-8-10-14(23-3)11-9-13/h4-11,19H,12H2,1-3H3. The van der Waals surface area contributed by atoms with E-state index in [0.717, 1.165) is 11.3 Å². The number of ether oxygens (including phenoxy) is 1. The summed E-state index contributed by atoms with van der Waals surface area (Å²) in [5.41, 5.74) is 2.07. The van der Waals surface area contributed by atoms with Gasteiger partial charge < -0.3 is 15.0 Å². The van der Waals surface area contributed by atoms with Crippen LogP contribution in [0.15, 0.2) is 48.5 Å². The van der Waals surface area contributed by atoms with Crippen molar-refractivity contribution in [2.75, 3.05) is 26.5 Å². The van der Waals surface area contributed by atoms with E-state index in [-0.39, 0.29) is 0 Å². The third-order valence-electron chi connectivity index (χ3n) is 3.41. The highest BCUT2D eigenvalue weighted by Crippen LogP contribution is 2.18. The van der Waals surface area contributed by atoms with Crippen molar-refractivity contribution in [3.05, 3.63) is 59.7 Å². The molecule has 0 aliphatic carbocycles. The first-order chi connectivity index (χ1) is 11.0. The molecule has 0 radical (unpaired) electrons. The highest BCUT2D eigenvalue weighted by atomic mass is 16.5. The monoisotopic (exact) mass is 312 g/mol. The van der Waals surface area contributed by atoms with Gasteiger partial charge in [0, 0.05) is 26.3 Å². The molecule has 23 heavy (non-hydrogen) atoms. The summed E-state index contributed by atoms with van der Waals surface area (Å²) in [6.07, 6.45) is 0. The minimum absolute atomic E-state index is 0.375. The number of anilines is 1. The number of ketones is 1. The van der Waals surface area contributed by atoms with Gasteiger partial charge in [0.1, 0.15) is 5.75 Å². The van der Waals surface area contributed by atoms with Crippen molar-refractivity contribution in [2.45, 2.75) is 6.54 Å². The molecule has 1 amide bonds. The van der Waals surface area contributed by atoms with Crippen molar-refractivity contribution < 1.29 is 14.3 Å². The van der Waals surface area contributed by atoms with Crippen LogP contribution in [0.4, 0.5) is 5.69 Å². The summed E-state index contributed by atoms with van der Waals surface area (Å²) >= 11 is 0. The van der Waals surface area contributed by atoms with Crippen molar-refractivity contribution in [1.82, 2.24) is 4.90 Å². The summed E-state index contributed by atoms with van der Waals surface area (Å²) in [5, 5.41) is 3.21. The quantitative estimate of drug-likeness (QED) is 0.658. The molecule has 0 unspecified atom stereocenters. The zero-order valence-electron chi connectivity index (χ0n) is 13.5. The van der Waals surface area contributed by atoms with Crippen LogP contribution >= 0.6 is 0 Å². The molecular weight excluding hydrogens is 292 g/mol. The predicted molar refractivity (Wildman–Crippen MR) is 89.8 cm³/mol. The Bertz CT molecular complexity index is 694. The van der Waals surface area contributed by atoms with Gasteiger partial charge in [-0.05, 0) is 29.8 Å². The smallest absolute Gasteiger partial charge is 0.294 e. The largest absolute Gasteiger partial charge is 0.497 e. The first kappa shape index (κ1) is 16.5. The Kier molecular flexibility index (Phi) is 5.36. The average molecular weight is 312 g/mol. The topological polar surface area (TPSA) is 58.6 Å². The Morgan fingerprint density at radius 1 is 1.04 bits per heavy atom. The average Bonchev–Trinajstić information content (AvgIpc) is 2.59. The first-order valence-corrected chi connectivity index (χ1v) is 7.24. The molecule has 0 saturated carbocycles. The number of Topliss-reactive ketones (excluding diaryl/α,β-unsaturated/α-hetero) is 1. The zero-order valence-corrected chi connectivity index (χ0v) is 13.5. The molecule has 5 nitrogen and oxygen atoms in total. The maximum absolute atomic E-state index is 12.3. The number of hydrogen-bond donors (Lipinski definition) is 1. The molecule has 0 aliphatic rings. The van der Waals surface area contributed by atoms with Gasteiger partial charge in [0.2, 0.25) is 0 Å². The van der Waals surface area contributed by atoms with E-state index >= 15 is 0 Å². The summed E-state index contributed by atoms with van der Waals surface area (Å²) < 4.78 is 5.12. The fraction of sp³-hybridized carbons (Fsp3) is 0.222. The fourth-order valence-corrected chi connectivity index (χ4v) is 2.09. The van der Waals surface area contributed by atoms with Gasteiger partial charge in [0.05, 0.1) is 12.7 Å². The molecule has 0 aliphatic heterocycles. The van der Waals surface area contributed by atoms with Gasteiger partial charge in [-0.3, -0.25) is 9.59 Å². The number of nitrogens with one attached hydrogen (secondary N) is 1. The lowest BCUT2D eigenvalue weighted by Gasteiger charge is -2.13. The number of nitrogens with zero attached hydrogens (tertiary/aromatic N) is 1. The van der Waals surface area contributed by atoms with Crippen LogP contribution in [0.5, 0.6) is 5.75 Å². The lowest BCUT2D eigenvalue weighted by molar-refractivity contribution is -0.124. The number of methoxy groups -OCH3 is 1. The van der Waals surface area contributed by atoms with Crippen LogP contribution in [0.1, 0.15) is 15.9 Å². The van der Waals surface area contributed by atoms with E-state index in [4.69, 9.17) is 4.74 Å². The normalized spacial score (nSPS) is 10.0. The van der Waals surface area contributed by atoms with Crippen molar-refractivity contribution in [3.63, 3.8) is 0 Å². The Morgan fingerprint density at radius 2 is 1.70 bits per heavy atom. The molecule has 2 rings (SSSR count). The van der Waals surface area contributed by atoms with Crippen LogP contribution in [-0.4, -0.2) is 37.8 Å². The van der Waals surface area contributed by atoms with E-state index in [9.17, 15) is 9.59 Å². The summed E-state index contributed by atoms with van der Waals surface area (Å²) in [7, 11) is 4.75. The molecule has 0 heterocycles. The molecular formula is C18H20N2O3. The molecule has 2 aromatic carbocycles. The third-order valence-corrected chi connectivity index (χ3v) is 3.41. The van der Waals surface area contributed by atoms with Crippen molar-refractivity contribution in [2.24, 2.45) is 0 Å². The fourth-order valence-electron chi connectivity index (χ4n) is 2.09. The summed E-state index contributed by atoms with van der Waals surface area (Å²) in [6, 6.07) is 14.7. The van der Waals surface area contributed by atoms with E-state index in [0.29, 0.717) is 17.8 Å². The van der Waals surface area contributed by atoms with Crippen LogP contribution in [-0.2, 0) is 11.3 Å². The summed E-state index contributed by atoms with van der Waals surface area (Å²) in [5.74, 6) is -0.266. The molecule has 0 aromatic heterocycles. The Labute approximate surface area is 135 Å². The van der Waals surface area contributed by atoms with Crippen LogP contribution in [0.2, 0.25) is 0 Å². The molecule has 120 valence electrons. The Hall–Kier alpha value is -2.82. The molecule has 0 bridgehead atoms. The minimum Gasteiger partial charge on any atom is -0.497 e. The van der Waals surface area contributed by atoms with Gasteiger partial charge in [0.25, 0.3) is 11.7 Å². The second kappa shape index (κ2) is 7.45. The van der Waals surface area contributed by atoms with Gasteiger partial charge in [-0.2, -0.15) is 0 Å². The number of para-hydroxylation sites is 1. The van der Waals surface area contributed by atoms with E-state index in [1.807, 2.05) is 30.3 Å². The number of carbonyl (C=O) groups excluding carboxylic acids is 2. The molecule has 2 aromatic rings. The van der Waals surface area contributed by atoms with Crippen LogP contribution in [0, 0.1) is 0 Å². The molecule has 1 N–H and O–H groups in total. The third kappa shape index (κ3) is 4.10. The highest BCUT2D eigenvalue weighted by Gasteiger charge is 2.20. The van der Waals surface area contributed by atoms with Gasteiger partial charge in [0.15, 0.2) is 0 Å². The van der Waals surface area contributed by atoms with E-state index in [1.165, 1.54) is 4.90 Å². The number of rotatable bonds is 6. The Morgan fingerprint density at radius 3 is 2.30 bits per heavy atom. The zero-order chi connectivity index (χ0) is 16.8. The van der Waals surface area contributed by atoms with E-state index in [2.05, 4.69) is 5.32 Å². The lowest BCUT2D eigenvalue weighted by atomic mass is 10.1. The minimum atomic E-state index is -0.538. The number of amides is 1. The van der Waals surface area contributed by atoms with Gasteiger partial charge in [-0.1, -0.05) is 24.3 Å². The van der Waals surface area contributed by atoms with Crippen molar-refractivity contribution in [3.8, 4) is 5.75 Å². The van der Waals surface area contributed by atoms with Gasteiger partial charge in [-0.25, -0.2) is 0 Å². The van der Waals surface area contributed by atoms with Crippen molar-refractivity contribution >= 4 is 17.4 Å². The summed E-state index contributed by atoms with van der Waals surface area (Å²) in [4.78, 5) is 25.4. The lowest BCUT2D eigenvalue weighted by Crippen LogP contribution is -2.30. The first-order valence-electron chi connectivity index (χ1n) is 7.24. The number of carbonyl (C=O) groups is 2. The molecule has 0 spiro atoms. The van der Waals surface area contributed by atoms with Crippen LogP contribution < -0.4 is 10.1 Å². The maximum Gasteiger partial charge on any atom is 0.294 e. The predicted octanol–water partition coefficient (Wildman–Crippen LogP) is 2.58. The van der Waals surface area contributed by atoms with Crippen LogP contribution in [0.3, 0.4) is 0 Å². The number of benzene rings is 2. The molecule has 0 saturated heterocycles. The number of likely N-dealkylation sites (N-methyl/N-ethyl adjacent to an activating group) is 1. The van der Waals surface area contributed by atoms with Crippen molar-refractivity contribution in [1.29, 1.82) is 0 Å². The van der Waals surface area contributed by atoms with Crippen LogP contribution in [0.25, 0.3) is 0 Å². The SMILES string of the molecule is COc1ccc(CNc2ccccc2C(=O)C(=O)N(C)C)cc1. The highest BCUT2D eigenvalue weighted by molar-refractivity contribution is 6.43. The molecule has 5 heteroatoms. The molecule has 0 fully saturated rings. The number of hydrogen-bond acceptors (Lipinski definition) is 4. The second-order valence-corrected chi connectivity index (χ2v) is 5.28. The van der Waals surface area contributed by atoms with Gasteiger partial charge in [-0.15, -0.1) is 0 Å².